The minimum absolute atomic E-state index is 0.000237. The Labute approximate surface area is 854 Å². The summed E-state index contributed by atoms with van der Waals surface area (Å²) in [5.41, 5.74) is 30.5. The van der Waals surface area contributed by atoms with Gasteiger partial charge in [0.2, 0.25) is 0 Å². The molecule has 0 bridgehead atoms. The lowest BCUT2D eigenvalue weighted by atomic mass is 9.78. The molecule has 0 unspecified atom stereocenters. The highest BCUT2D eigenvalue weighted by Crippen LogP contribution is 2.41. The van der Waals surface area contributed by atoms with E-state index in [0.717, 1.165) is 159 Å². The van der Waals surface area contributed by atoms with Gasteiger partial charge in [-0.1, -0.05) is 164 Å². The third kappa shape index (κ3) is 26.9. The van der Waals surface area contributed by atoms with Crippen molar-refractivity contribution in [1.29, 1.82) is 0 Å². The van der Waals surface area contributed by atoms with Gasteiger partial charge >= 0.3 is 30.3 Å². The highest BCUT2D eigenvalue weighted by atomic mass is 19.4. The van der Waals surface area contributed by atoms with Gasteiger partial charge in [0.05, 0.1) is 80.5 Å². The van der Waals surface area contributed by atoms with Crippen molar-refractivity contribution in [2.75, 3.05) is 56.3 Å². The Morgan fingerprint density at radius 2 is 0.682 bits per heavy atom. The molecule has 1 aliphatic carbocycles. The number of nitrogens with zero attached hydrogens (tertiary/aromatic N) is 16. The van der Waals surface area contributed by atoms with Gasteiger partial charge in [0.15, 0.2) is 0 Å². The summed E-state index contributed by atoms with van der Waals surface area (Å²) in [6.45, 7) is 9.54. The average molecular weight is 2010 g/mol. The lowest BCUT2D eigenvalue weighted by Gasteiger charge is -2.28. The maximum absolute atomic E-state index is 14.6. The van der Waals surface area contributed by atoms with Crippen molar-refractivity contribution in [3.05, 3.63) is 357 Å². The molecule has 38 heteroatoms. The van der Waals surface area contributed by atoms with Crippen LogP contribution in [0.25, 0.3) is 78.9 Å². The van der Waals surface area contributed by atoms with E-state index in [4.69, 9.17) is 45.1 Å². The van der Waals surface area contributed by atoms with Crippen LogP contribution in [0.4, 0.5) is 60.0 Å². The summed E-state index contributed by atoms with van der Waals surface area (Å²) in [7, 11) is 13.8. The minimum atomic E-state index is -4.32. The fourth-order valence-corrected chi connectivity index (χ4v) is 17.2. The summed E-state index contributed by atoms with van der Waals surface area (Å²) < 4.78 is 87.1. The molecule has 17 aromatic rings. The van der Waals surface area contributed by atoms with E-state index in [1.165, 1.54) is 0 Å². The van der Waals surface area contributed by atoms with Crippen LogP contribution >= 0.6 is 0 Å². The van der Waals surface area contributed by atoms with Gasteiger partial charge in [-0.15, -0.1) is 0 Å². The van der Waals surface area contributed by atoms with Crippen LogP contribution < -0.4 is 53.6 Å². The number of hydrogen-bond donors (Lipinski definition) is 10. The van der Waals surface area contributed by atoms with E-state index >= 15 is 0 Å². The predicted molar refractivity (Wildman–Crippen MR) is 562 cm³/mol. The molecule has 18 rings (SSSR count). The molecule has 0 aliphatic heterocycles. The number of carbonyl (C=O) groups excluding carboxylic acids is 4. The second-order valence-electron chi connectivity index (χ2n) is 35.6. The van der Waals surface area contributed by atoms with Gasteiger partial charge in [0.25, 0.3) is 0 Å². The zero-order valence-corrected chi connectivity index (χ0v) is 84.4. The Morgan fingerprint density at radius 1 is 0.365 bits per heavy atom. The molecule has 0 atom stereocenters. The monoisotopic (exact) mass is 2010 g/mol. The van der Waals surface area contributed by atoms with Crippen molar-refractivity contribution in [2.24, 2.45) is 33.9 Å². The van der Waals surface area contributed by atoms with E-state index in [1.807, 2.05) is 251 Å². The standard InChI is InChI=1S/C30H30N6O2.C28H31FN6O2.C27H30F3N7O2.C25H29N7O2/c1-21-28(25-18-32-35(2)19-25)34-36(26-12-8-5-9-13-26)29(21)33-30(37)31-17-24-16-22(20-38-3)14-15-27(24)23-10-6-4-7-11-23;1-18-26(22-15-31-34(2)16-22)33-35(23-10-5-4-6-11-23)27(18)32-28(36)30-14-20-12-21(17-37-3)25(29)13-24(20)19-8-7-9-19;1-18-24(22-14-33-36(2)15-22)35-37(23-7-5-4-6-8-23)25(18)34-26(38)32-13-21-11-19(16-39-3)9-10-20(21)12-31-17-27(28,29)30;1-17-23(21-14-28-31(2)15-21)30-32(22-7-5-4-6-8-22)24(17)29-25(33)27-13-20-11-18(16-34-3)9-10-19(20)12-26/h4-16,18-19H,17,20H2,1-3H3,(H2,31,33,37);4-6,10-13,15-16,19H,7-9,14,17H2,1-3H3,(H2,30,32,36);4-11,14-15,31H,12-13,16-17H2,1-3H3,(H2,32,34,38);4-11,14-15H,12-13,16,26H2,1-3H3,(H2,27,29,33). The first-order valence-corrected chi connectivity index (χ1v) is 48.0. The molecule has 34 nitrogen and oxygen atoms in total. The van der Waals surface area contributed by atoms with E-state index in [0.29, 0.717) is 91.0 Å². The topological polar surface area (TPSA) is 382 Å². The van der Waals surface area contributed by atoms with Crippen LogP contribution in [0.15, 0.2) is 268 Å². The van der Waals surface area contributed by atoms with Crippen LogP contribution in [0.2, 0.25) is 0 Å². The van der Waals surface area contributed by atoms with Crippen LogP contribution in [0.3, 0.4) is 0 Å². The number of halogens is 4. The number of benzene rings is 9. The number of ether oxygens (including phenoxy) is 4. The molecule has 0 spiro atoms. The average Bonchev–Trinajstić information content (AvgIpc) is 1.62. The van der Waals surface area contributed by atoms with Crippen molar-refractivity contribution < 1.29 is 55.7 Å². The number of nitrogens with one attached hydrogen (secondary N) is 9. The van der Waals surface area contributed by atoms with Crippen LogP contribution in [0.1, 0.15) is 109 Å². The Balaban J connectivity index is 0.000000148. The van der Waals surface area contributed by atoms with Gasteiger partial charge in [0, 0.05) is 171 Å². The Morgan fingerprint density at radius 3 is 1.00 bits per heavy atom. The zero-order valence-electron chi connectivity index (χ0n) is 84.4. The van der Waals surface area contributed by atoms with Crippen molar-refractivity contribution in [1.82, 2.24) is 105 Å². The molecule has 8 aromatic heterocycles. The lowest BCUT2D eigenvalue weighted by Crippen LogP contribution is -2.31. The van der Waals surface area contributed by atoms with Gasteiger partial charge in [-0.05, 0) is 174 Å². The van der Waals surface area contributed by atoms with Gasteiger partial charge in [-0.2, -0.15) is 54.0 Å². The molecule has 1 fully saturated rings. The van der Waals surface area contributed by atoms with E-state index in [2.05, 4.69) is 98.6 Å². The summed E-state index contributed by atoms with van der Waals surface area (Å²) in [5, 5.41) is 62.3. The fraction of sp³-hybridized carbons (Fsp3) is 0.255. The number of carbonyl (C=O) groups is 4. The second-order valence-corrected chi connectivity index (χ2v) is 35.6. The number of aromatic nitrogens is 16. The highest BCUT2D eigenvalue weighted by Gasteiger charge is 2.30. The first-order chi connectivity index (χ1) is 71.6. The smallest absolute Gasteiger partial charge is 0.380 e. The SMILES string of the molecule is COCc1cc(CNC(=O)Nc2c(C)c(-c3cnn(C)c3)nn2-c2ccccc2)c(C2CCC2)cc1F.COCc1ccc(-c2ccccc2)c(CNC(=O)Nc2c(C)c(-c3cnn(C)c3)nn2-c2ccccc2)c1.COCc1ccc(CN)c(CNC(=O)Nc2c(C)c(-c3cnn(C)c3)nn2-c2ccccc2)c1.COCc1ccc(CNCC(F)(F)F)c(CNC(=O)Nc2c(C)c(-c3cnn(C)c3)nn2-c2ccccc2)c1. The lowest BCUT2D eigenvalue weighted by molar-refractivity contribution is -0.125. The highest BCUT2D eigenvalue weighted by molar-refractivity contribution is 5.94. The van der Waals surface area contributed by atoms with Gasteiger partial charge in [-0.25, -0.2) is 42.3 Å². The Bertz CT molecular complexity index is 7370. The molecule has 1 aliphatic rings. The summed E-state index contributed by atoms with van der Waals surface area (Å²) in [6.07, 6.45) is 13.4. The number of urea groups is 4. The number of anilines is 4. The second kappa shape index (κ2) is 49.7. The molecule has 11 N–H and O–H groups in total. The molecule has 0 saturated heterocycles. The third-order valence-corrected chi connectivity index (χ3v) is 24.8. The van der Waals surface area contributed by atoms with Crippen LogP contribution in [-0.2, 0) is 113 Å². The molecule has 0 radical (unpaired) electrons. The van der Waals surface area contributed by atoms with E-state index in [-0.39, 0.29) is 50.2 Å². The van der Waals surface area contributed by atoms with Crippen molar-refractivity contribution in [3.63, 3.8) is 0 Å². The predicted octanol–water partition coefficient (Wildman–Crippen LogP) is 19.4. The molecule has 1 saturated carbocycles. The maximum atomic E-state index is 14.6. The number of nitrogens with two attached hydrogens (primary N) is 1. The number of alkyl halides is 3. The summed E-state index contributed by atoms with van der Waals surface area (Å²) in [4.78, 5) is 52.4. The molecule has 8 heterocycles. The van der Waals surface area contributed by atoms with E-state index in [1.54, 1.807) is 109 Å². The summed E-state index contributed by atoms with van der Waals surface area (Å²) in [5.74, 6) is 2.31. The molecule has 148 heavy (non-hydrogen) atoms. The Kier molecular flexibility index (Phi) is 35.4. The number of para-hydroxylation sites is 4. The first-order valence-electron chi connectivity index (χ1n) is 48.0. The maximum Gasteiger partial charge on any atom is 0.401 e. The van der Waals surface area contributed by atoms with Crippen LogP contribution in [-0.4, -0.2) is 144 Å². The van der Waals surface area contributed by atoms with E-state index in [9.17, 15) is 36.7 Å². The summed E-state index contributed by atoms with van der Waals surface area (Å²) in [6, 6.07) is 68.0. The Hall–Kier alpha value is -16.8. The number of rotatable bonds is 34. The van der Waals surface area contributed by atoms with Crippen molar-refractivity contribution in [2.45, 2.75) is 125 Å². The minimum Gasteiger partial charge on any atom is -0.380 e. The van der Waals surface area contributed by atoms with Crippen LogP contribution in [0, 0.1) is 33.5 Å². The first kappa shape index (κ1) is 106. The van der Waals surface area contributed by atoms with Crippen LogP contribution in [0.5, 0.6) is 0 Å². The normalized spacial score (nSPS) is 11.7. The number of amides is 8. The molecule has 8 amide bonds. The fourth-order valence-electron chi connectivity index (χ4n) is 17.2. The molecule has 766 valence electrons. The van der Waals surface area contributed by atoms with Crippen molar-refractivity contribution in [3.8, 4) is 78.9 Å². The zero-order chi connectivity index (χ0) is 104. The van der Waals surface area contributed by atoms with Gasteiger partial charge in [-0.3, -0.25) is 40.0 Å². The quantitative estimate of drug-likeness (QED) is 0.0167. The number of hydrogen-bond acceptors (Lipinski definition) is 18. The molecule has 9 aromatic carbocycles. The van der Waals surface area contributed by atoms with Gasteiger partial charge in [0.1, 0.15) is 51.9 Å². The number of aryl methyl sites for hydroxylation is 4. The van der Waals surface area contributed by atoms with Gasteiger partial charge < -0.3 is 51.3 Å². The third-order valence-electron chi connectivity index (χ3n) is 24.8. The molecular weight excluding hydrogens is 1890 g/mol. The van der Waals surface area contributed by atoms with Crippen molar-refractivity contribution >= 4 is 47.4 Å². The number of methoxy groups -OCH3 is 4. The van der Waals surface area contributed by atoms with E-state index < -0.39 is 18.8 Å². The molecular formula is C110H120F4N26O8. The largest absolute Gasteiger partial charge is 0.401 e. The summed E-state index contributed by atoms with van der Waals surface area (Å²) >= 11 is 0.